The van der Waals surface area contributed by atoms with E-state index in [1.165, 1.54) is 13.2 Å². The van der Waals surface area contributed by atoms with Gasteiger partial charge in [0.1, 0.15) is 0 Å². The van der Waals surface area contributed by atoms with Crippen LogP contribution in [0.3, 0.4) is 0 Å². The number of ether oxygens (including phenoxy) is 1. The Kier molecular flexibility index (Phi) is 5.12. The predicted molar refractivity (Wildman–Crippen MR) is 84.3 cm³/mol. The van der Waals surface area contributed by atoms with E-state index in [9.17, 15) is 26.7 Å². The number of sulfone groups is 1. The summed E-state index contributed by atoms with van der Waals surface area (Å²) in [6, 6.07) is 5.37. The van der Waals surface area contributed by atoms with Gasteiger partial charge in [-0.2, -0.15) is 13.2 Å². The van der Waals surface area contributed by atoms with Crippen LogP contribution in [0.2, 0.25) is 0 Å². The van der Waals surface area contributed by atoms with E-state index in [4.69, 9.17) is 4.74 Å². The van der Waals surface area contributed by atoms with Crippen molar-refractivity contribution in [2.24, 2.45) is 0 Å². The maximum Gasteiger partial charge on any atom is 0.419 e. The van der Waals surface area contributed by atoms with Crippen LogP contribution in [-0.2, 0) is 22.6 Å². The fourth-order valence-corrected chi connectivity index (χ4v) is 2.94. The van der Waals surface area contributed by atoms with Crippen molar-refractivity contribution in [2.45, 2.75) is 17.7 Å². The van der Waals surface area contributed by atoms with E-state index >= 15 is 0 Å². The number of hydrogen-bond acceptors (Lipinski definition) is 6. The number of para-hydroxylation sites is 1. The highest BCUT2D eigenvalue weighted by Crippen LogP contribution is 2.35. The van der Waals surface area contributed by atoms with Gasteiger partial charge in [-0.15, -0.1) is 0 Å². The summed E-state index contributed by atoms with van der Waals surface area (Å²) < 4.78 is 67.2. The van der Waals surface area contributed by atoms with E-state index in [0.29, 0.717) is 17.9 Å². The standard InChI is InChI=1S/C15H15F3N2O4S/c1-24-12-5-3-4-9(13(12)21)7-19-10-6-11(15(16,17)18)14(20-8-10)25(2,22)23/h3-6,8,19,21H,7H2,1-2H3. The molecule has 0 aliphatic heterocycles. The molecule has 0 aliphatic carbocycles. The Labute approximate surface area is 142 Å². The molecule has 0 amide bonds. The number of alkyl halides is 3. The first-order valence-electron chi connectivity index (χ1n) is 6.90. The molecule has 0 unspecified atom stereocenters. The van der Waals surface area contributed by atoms with Crippen molar-refractivity contribution in [3.05, 3.63) is 41.6 Å². The summed E-state index contributed by atoms with van der Waals surface area (Å²) >= 11 is 0. The van der Waals surface area contributed by atoms with Crippen molar-refractivity contribution in [2.75, 3.05) is 18.7 Å². The van der Waals surface area contributed by atoms with Gasteiger partial charge in [-0.05, 0) is 12.1 Å². The van der Waals surface area contributed by atoms with Gasteiger partial charge >= 0.3 is 6.18 Å². The van der Waals surface area contributed by atoms with E-state index in [2.05, 4.69) is 10.3 Å². The molecule has 0 radical (unpaired) electrons. The second kappa shape index (κ2) is 6.79. The summed E-state index contributed by atoms with van der Waals surface area (Å²) in [5, 5.41) is 11.6. The highest BCUT2D eigenvalue weighted by molar-refractivity contribution is 7.90. The normalized spacial score (nSPS) is 12.0. The van der Waals surface area contributed by atoms with Gasteiger partial charge in [-0.1, -0.05) is 12.1 Å². The summed E-state index contributed by atoms with van der Waals surface area (Å²) in [6.07, 6.45) is -3.23. The molecule has 1 heterocycles. The van der Waals surface area contributed by atoms with Gasteiger partial charge < -0.3 is 15.2 Å². The number of benzene rings is 1. The topological polar surface area (TPSA) is 88.5 Å². The second-order valence-corrected chi connectivity index (χ2v) is 7.10. The van der Waals surface area contributed by atoms with E-state index in [1.807, 2.05) is 0 Å². The van der Waals surface area contributed by atoms with Crippen LogP contribution < -0.4 is 10.1 Å². The number of rotatable bonds is 5. The van der Waals surface area contributed by atoms with Crippen molar-refractivity contribution in [1.29, 1.82) is 0 Å². The van der Waals surface area contributed by atoms with Gasteiger partial charge in [0.2, 0.25) is 0 Å². The monoisotopic (exact) mass is 376 g/mol. The van der Waals surface area contributed by atoms with E-state index in [0.717, 1.165) is 6.20 Å². The lowest BCUT2D eigenvalue weighted by Crippen LogP contribution is -2.15. The molecule has 2 aromatic rings. The molecule has 1 aromatic heterocycles. The third-order valence-electron chi connectivity index (χ3n) is 3.29. The number of nitrogens with one attached hydrogen (secondary N) is 1. The maximum atomic E-state index is 13.1. The Morgan fingerprint density at radius 1 is 1.32 bits per heavy atom. The molecule has 136 valence electrons. The fraction of sp³-hybridized carbons (Fsp3) is 0.267. The Balaban J connectivity index is 2.33. The first kappa shape index (κ1) is 18.8. The molecule has 0 atom stereocenters. The lowest BCUT2D eigenvalue weighted by molar-refractivity contribution is -0.140. The van der Waals surface area contributed by atoms with Crippen molar-refractivity contribution in [1.82, 2.24) is 4.98 Å². The number of phenols is 1. The average molecular weight is 376 g/mol. The van der Waals surface area contributed by atoms with Gasteiger partial charge in [-0.3, -0.25) is 0 Å². The molecule has 0 saturated carbocycles. The largest absolute Gasteiger partial charge is 0.504 e. The zero-order valence-electron chi connectivity index (χ0n) is 13.3. The number of halogens is 3. The molecule has 0 spiro atoms. The summed E-state index contributed by atoms with van der Waals surface area (Å²) in [5.41, 5.74) is -1.00. The molecular formula is C15H15F3N2O4S. The highest BCUT2D eigenvalue weighted by atomic mass is 32.2. The quantitative estimate of drug-likeness (QED) is 0.834. The number of aromatic hydroxyl groups is 1. The predicted octanol–water partition coefficient (Wildman–Crippen LogP) is 2.83. The minimum absolute atomic E-state index is 0.0137. The lowest BCUT2D eigenvalue weighted by Gasteiger charge is -2.14. The number of phenolic OH excluding ortho intramolecular Hbond substituents is 1. The number of nitrogens with zero attached hydrogens (tertiary/aromatic N) is 1. The van der Waals surface area contributed by atoms with Crippen molar-refractivity contribution in [3.63, 3.8) is 0 Å². The molecule has 0 saturated heterocycles. The van der Waals surface area contributed by atoms with Crippen LogP contribution in [0.1, 0.15) is 11.1 Å². The van der Waals surface area contributed by atoms with Crippen LogP contribution in [0.4, 0.5) is 18.9 Å². The smallest absolute Gasteiger partial charge is 0.419 e. The summed E-state index contributed by atoms with van der Waals surface area (Å²) in [6.45, 7) is -0.0137. The minimum Gasteiger partial charge on any atom is -0.504 e. The zero-order valence-corrected chi connectivity index (χ0v) is 14.1. The Bertz CT molecular complexity index is 883. The summed E-state index contributed by atoms with van der Waals surface area (Å²) in [5.74, 6) is 0.0788. The van der Waals surface area contributed by atoms with Crippen molar-refractivity contribution < 1.29 is 31.4 Å². The van der Waals surface area contributed by atoms with E-state index < -0.39 is 26.6 Å². The number of aromatic nitrogens is 1. The van der Waals surface area contributed by atoms with Crippen molar-refractivity contribution >= 4 is 15.5 Å². The average Bonchev–Trinajstić information content (AvgIpc) is 2.52. The minimum atomic E-state index is -4.87. The van der Waals surface area contributed by atoms with Crippen LogP contribution in [0.15, 0.2) is 35.5 Å². The van der Waals surface area contributed by atoms with Crippen LogP contribution >= 0.6 is 0 Å². The van der Waals surface area contributed by atoms with E-state index in [1.54, 1.807) is 12.1 Å². The first-order valence-corrected chi connectivity index (χ1v) is 8.79. The molecule has 1 aromatic carbocycles. The summed E-state index contributed by atoms with van der Waals surface area (Å²) in [7, 11) is -2.76. The van der Waals surface area contributed by atoms with Crippen LogP contribution in [0, 0.1) is 0 Å². The molecule has 2 N–H and O–H groups in total. The zero-order chi connectivity index (χ0) is 18.8. The SMILES string of the molecule is COc1cccc(CNc2cnc(S(C)(=O)=O)c(C(F)(F)F)c2)c1O. The fourth-order valence-electron chi connectivity index (χ4n) is 2.12. The first-order chi connectivity index (χ1) is 11.5. The Hall–Kier alpha value is -2.49. The Morgan fingerprint density at radius 2 is 2.00 bits per heavy atom. The molecule has 0 bridgehead atoms. The molecule has 25 heavy (non-hydrogen) atoms. The molecule has 0 aliphatic rings. The molecule has 2 rings (SSSR count). The van der Waals surface area contributed by atoms with Crippen LogP contribution in [0.5, 0.6) is 11.5 Å². The van der Waals surface area contributed by atoms with Crippen LogP contribution in [0.25, 0.3) is 0 Å². The van der Waals surface area contributed by atoms with Gasteiger partial charge in [0.25, 0.3) is 0 Å². The number of pyridine rings is 1. The molecule has 0 fully saturated rings. The lowest BCUT2D eigenvalue weighted by atomic mass is 10.1. The number of anilines is 1. The van der Waals surface area contributed by atoms with Gasteiger partial charge in [-0.25, -0.2) is 13.4 Å². The number of hydrogen-bond donors (Lipinski definition) is 2. The van der Waals surface area contributed by atoms with Gasteiger partial charge in [0.15, 0.2) is 26.4 Å². The second-order valence-electron chi connectivity index (χ2n) is 5.17. The summed E-state index contributed by atoms with van der Waals surface area (Å²) in [4.78, 5) is 3.43. The van der Waals surface area contributed by atoms with Crippen LogP contribution in [-0.4, -0.2) is 31.9 Å². The Morgan fingerprint density at radius 3 is 2.56 bits per heavy atom. The van der Waals surface area contributed by atoms with Crippen molar-refractivity contribution in [3.8, 4) is 11.5 Å². The van der Waals surface area contributed by atoms with Gasteiger partial charge in [0, 0.05) is 18.4 Å². The maximum absolute atomic E-state index is 13.1. The number of methoxy groups -OCH3 is 1. The molecule has 6 nitrogen and oxygen atoms in total. The highest BCUT2D eigenvalue weighted by Gasteiger charge is 2.37. The third-order valence-corrected chi connectivity index (χ3v) is 4.32. The molecule has 10 heteroatoms. The molecular weight excluding hydrogens is 361 g/mol. The third kappa shape index (κ3) is 4.32. The van der Waals surface area contributed by atoms with E-state index in [-0.39, 0.29) is 23.7 Å². The van der Waals surface area contributed by atoms with Gasteiger partial charge in [0.05, 0.1) is 24.6 Å².